The summed E-state index contributed by atoms with van der Waals surface area (Å²) in [4.78, 5) is 29.7. The molecule has 5 rings (SSSR count). The SMILES string of the molecule is COc1cccc(C(=O)N2CCC3(CC2)CC(=O)N(Cc2cc(C)on2)c2ccnn23)c1. The van der Waals surface area contributed by atoms with Crippen molar-refractivity contribution >= 4 is 17.6 Å². The Morgan fingerprint density at radius 3 is 2.75 bits per heavy atom. The Morgan fingerprint density at radius 2 is 2.03 bits per heavy atom. The van der Waals surface area contributed by atoms with E-state index in [0.29, 0.717) is 61.7 Å². The zero-order chi connectivity index (χ0) is 22.3. The predicted octanol–water partition coefficient (Wildman–Crippen LogP) is 2.76. The molecule has 0 bridgehead atoms. The normalized spacial score (nSPS) is 17.5. The van der Waals surface area contributed by atoms with Gasteiger partial charge in [-0.25, -0.2) is 4.68 Å². The smallest absolute Gasteiger partial charge is 0.253 e. The van der Waals surface area contributed by atoms with E-state index in [1.165, 1.54) is 0 Å². The standard InChI is InChI=1S/C23H25N5O4/c1-16-12-18(25-32-16)15-27-20-6-9-24-28(20)23(14-21(27)29)7-10-26(11-8-23)22(30)17-4-3-5-19(13-17)31-2/h3-6,9,12-13H,7-8,10-11,14-15H2,1-2H3. The van der Waals surface area contributed by atoms with Gasteiger partial charge in [0.05, 0.1) is 31.8 Å². The molecule has 4 heterocycles. The van der Waals surface area contributed by atoms with Gasteiger partial charge in [0.15, 0.2) is 0 Å². The topological polar surface area (TPSA) is 93.7 Å². The number of carbonyl (C=O) groups is 2. The van der Waals surface area contributed by atoms with Crippen LogP contribution in [0.1, 0.15) is 41.1 Å². The monoisotopic (exact) mass is 435 g/mol. The molecule has 2 aliphatic heterocycles. The Morgan fingerprint density at radius 1 is 1.22 bits per heavy atom. The van der Waals surface area contributed by atoms with Crippen molar-refractivity contribution in [1.82, 2.24) is 19.8 Å². The van der Waals surface area contributed by atoms with E-state index in [1.54, 1.807) is 30.3 Å². The highest BCUT2D eigenvalue weighted by Crippen LogP contribution is 2.41. The molecule has 0 radical (unpaired) electrons. The molecular weight excluding hydrogens is 410 g/mol. The quantitative estimate of drug-likeness (QED) is 0.626. The molecule has 1 fully saturated rings. The van der Waals surface area contributed by atoms with Gasteiger partial charge in [-0.3, -0.25) is 14.5 Å². The minimum atomic E-state index is -0.419. The van der Waals surface area contributed by atoms with E-state index < -0.39 is 5.54 Å². The Labute approximate surface area is 185 Å². The van der Waals surface area contributed by atoms with Crippen LogP contribution >= 0.6 is 0 Å². The van der Waals surface area contributed by atoms with Gasteiger partial charge in [0, 0.05) is 30.8 Å². The molecule has 3 aromatic rings. The molecule has 1 spiro atoms. The lowest BCUT2D eigenvalue weighted by Crippen LogP contribution is -2.54. The van der Waals surface area contributed by atoms with Crippen LogP contribution in [-0.4, -0.2) is 51.9 Å². The van der Waals surface area contributed by atoms with Crippen LogP contribution in [0, 0.1) is 6.92 Å². The minimum absolute atomic E-state index is 0.0235. The largest absolute Gasteiger partial charge is 0.497 e. The van der Waals surface area contributed by atoms with Crippen LogP contribution in [0.5, 0.6) is 5.75 Å². The number of aryl methyl sites for hydroxylation is 1. The number of carbonyl (C=O) groups excluding carboxylic acids is 2. The second-order valence-electron chi connectivity index (χ2n) is 8.44. The molecule has 2 aliphatic rings. The van der Waals surface area contributed by atoms with Crippen LogP contribution < -0.4 is 9.64 Å². The predicted molar refractivity (Wildman–Crippen MR) is 115 cm³/mol. The second kappa shape index (κ2) is 7.81. The van der Waals surface area contributed by atoms with Crippen molar-refractivity contribution in [2.24, 2.45) is 0 Å². The molecule has 1 saturated heterocycles. The number of rotatable bonds is 4. The van der Waals surface area contributed by atoms with Gasteiger partial charge in [-0.1, -0.05) is 11.2 Å². The van der Waals surface area contributed by atoms with E-state index in [4.69, 9.17) is 9.26 Å². The molecule has 0 N–H and O–H groups in total. The van der Waals surface area contributed by atoms with Crippen molar-refractivity contribution in [1.29, 1.82) is 0 Å². The summed E-state index contributed by atoms with van der Waals surface area (Å²) >= 11 is 0. The zero-order valence-electron chi connectivity index (χ0n) is 18.2. The van der Waals surface area contributed by atoms with E-state index >= 15 is 0 Å². The fourth-order valence-corrected chi connectivity index (χ4v) is 4.72. The summed E-state index contributed by atoms with van der Waals surface area (Å²) in [7, 11) is 1.59. The molecule has 0 unspecified atom stereocenters. The maximum absolute atomic E-state index is 13.2. The van der Waals surface area contributed by atoms with E-state index in [0.717, 1.165) is 5.82 Å². The molecule has 2 aromatic heterocycles. The molecule has 9 nitrogen and oxygen atoms in total. The first kappa shape index (κ1) is 20.3. The summed E-state index contributed by atoms with van der Waals surface area (Å²) in [5.74, 6) is 2.14. The molecule has 0 aliphatic carbocycles. The Balaban J connectivity index is 1.34. The highest BCUT2D eigenvalue weighted by Gasteiger charge is 2.46. The van der Waals surface area contributed by atoms with Crippen LogP contribution in [0.25, 0.3) is 0 Å². The third kappa shape index (κ3) is 3.43. The highest BCUT2D eigenvalue weighted by molar-refractivity contribution is 5.95. The van der Waals surface area contributed by atoms with Crippen LogP contribution in [0.15, 0.2) is 47.1 Å². The number of hydrogen-bond donors (Lipinski definition) is 0. The number of benzene rings is 1. The summed E-state index contributed by atoms with van der Waals surface area (Å²) in [5, 5.41) is 8.60. The van der Waals surface area contributed by atoms with Gasteiger partial charge in [-0.2, -0.15) is 5.10 Å². The first-order valence-corrected chi connectivity index (χ1v) is 10.7. The van der Waals surface area contributed by atoms with Crippen molar-refractivity contribution in [2.45, 2.75) is 38.3 Å². The number of ether oxygens (including phenoxy) is 1. The first-order chi connectivity index (χ1) is 15.5. The summed E-state index contributed by atoms with van der Waals surface area (Å²) < 4.78 is 12.4. The van der Waals surface area contributed by atoms with Crippen molar-refractivity contribution in [3.05, 3.63) is 59.6 Å². The Kier molecular flexibility index (Phi) is 4.96. The maximum Gasteiger partial charge on any atom is 0.253 e. The zero-order valence-corrected chi connectivity index (χ0v) is 18.2. The summed E-state index contributed by atoms with van der Waals surface area (Å²) in [5.41, 5.74) is 0.893. The molecule has 2 amide bonds. The summed E-state index contributed by atoms with van der Waals surface area (Å²) in [6, 6.07) is 10.9. The number of methoxy groups -OCH3 is 1. The van der Waals surface area contributed by atoms with Gasteiger partial charge in [0.25, 0.3) is 5.91 Å². The molecule has 166 valence electrons. The number of nitrogens with zero attached hydrogens (tertiary/aromatic N) is 5. The summed E-state index contributed by atoms with van der Waals surface area (Å²) in [6.07, 6.45) is 3.41. The lowest BCUT2D eigenvalue weighted by atomic mass is 9.82. The van der Waals surface area contributed by atoms with E-state index in [2.05, 4.69) is 10.3 Å². The number of anilines is 1. The number of aromatic nitrogens is 3. The fraction of sp³-hybridized carbons (Fsp3) is 0.391. The van der Waals surface area contributed by atoms with E-state index in [1.807, 2.05) is 40.8 Å². The molecule has 0 atom stereocenters. The Bertz CT molecular complexity index is 1160. The molecular formula is C23H25N5O4. The van der Waals surface area contributed by atoms with Gasteiger partial charge in [0.2, 0.25) is 5.91 Å². The van der Waals surface area contributed by atoms with Crippen molar-refractivity contribution < 1.29 is 18.8 Å². The average Bonchev–Trinajstić information content (AvgIpc) is 3.46. The molecule has 9 heteroatoms. The first-order valence-electron chi connectivity index (χ1n) is 10.7. The molecule has 1 aromatic carbocycles. The summed E-state index contributed by atoms with van der Waals surface area (Å²) in [6.45, 7) is 3.29. The van der Waals surface area contributed by atoms with Gasteiger partial charge in [-0.15, -0.1) is 0 Å². The molecule has 0 saturated carbocycles. The second-order valence-corrected chi connectivity index (χ2v) is 8.44. The molecule has 32 heavy (non-hydrogen) atoms. The number of hydrogen-bond acceptors (Lipinski definition) is 6. The number of piperidine rings is 1. The third-order valence-electron chi connectivity index (χ3n) is 6.42. The van der Waals surface area contributed by atoms with Crippen molar-refractivity contribution in [3.63, 3.8) is 0 Å². The van der Waals surface area contributed by atoms with E-state index in [-0.39, 0.29) is 11.8 Å². The fourth-order valence-electron chi connectivity index (χ4n) is 4.72. The van der Waals surface area contributed by atoms with Crippen molar-refractivity contribution in [2.75, 3.05) is 25.1 Å². The minimum Gasteiger partial charge on any atom is -0.497 e. The lowest BCUT2D eigenvalue weighted by Gasteiger charge is -2.46. The number of fused-ring (bicyclic) bond motifs is 2. The van der Waals surface area contributed by atoms with Crippen LogP contribution in [-0.2, 0) is 16.9 Å². The average molecular weight is 435 g/mol. The third-order valence-corrected chi connectivity index (χ3v) is 6.42. The number of amides is 2. The van der Waals surface area contributed by atoms with E-state index in [9.17, 15) is 9.59 Å². The number of likely N-dealkylation sites (tertiary alicyclic amines) is 1. The van der Waals surface area contributed by atoms with Gasteiger partial charge >= 0.3 is 0 Å². The Hall–Kier alpha value is -3.62. The van der Waals surface area contributed by atoms with Gasteiger partial charge in [-0.05, 0) is 38.0 Å². The lowest BCUT2D eigenvalue weighted by molar-refractivity contribution is -0.123. The van der Waals surface area contributed by atoms with Crippen LogP contribution in [0.2, 0.25) is 0 Å². The van der Waals surface area contributed by atoms with Crippen LogP contribution in [0.3, 0.4) is 0 Å². The van der Waals surface area contributed by atoms with Gasteiger partial charge < -0.3 is 14.2 Å². The van der Waals surface area contributed by atoms with Crippen LogP contribution in [0.4, 0.5) is 5.82 Å². The maximum atomic E-state index is 13.2. The highest BCUT2D eigenvalue weighted by atomic mass is 16.5. The van der Waals surface area contributed by atoms with Gasteiger partial charge in [0.1, 0.15) is 23.0 Å². The van der Waals surface area contributed by atoms with Crippen molar-refractivity contribution in [3.8, 4) is 5.75 Å².